The molecule has 0 bridgehead atoms. The quantitative estimate of drug-likeness (QED) is 0.736. The summed E-state index contributed by atoms with van der Waals surface area (Å²) in [5, 5.41) is 3.28. The second-order valence-electron chi connectivity index (χ2n) is 6.87. The Kier molecular flexibility index (Phi) is 6.69. The van der Waals surface area contributed by atoms with Crippen LogP contribution in [0, 0.1) is 5.82 Å². The Morgan fingerprint density at radius 2 is 1.75 bits per heavy atom. The zero-order valence-corrected chi connectivity index (χ0v) is 16.8. The summed E-state index contributed by atoms with van der Waals surface area (Å²) >= 11 is 5.85. The molecular weight excluding hydrogens is 403 g/mol. The number of benzene rings is 2. The molecule has 28 heavy (non-hydrogen) atoms. The van der Waals surface area contributed by atoms with Crippen molar-refractivity contribution >= 4 is 27.5 Å². The second-order valence-corrected chi connectivity index (χ2v) is 9.24. The number of amides is 1. The van der Waals surface area contributed by atoms with Crippen molar-refractivity contribution in [2.45, 2.75) is 43.2 Å². The van der Waals surface area contributed by atoms with Gasteiger partial charge in [0.15, 0.2) is 0 Å². The summed E-state index contributed by atoms with van der Waals surface area (Å²) in [6, 6.07) is 11.7. The molecule has 2 aromatic carbocycles. The highest BCUT2D eigenvalue weighted by atomic mass is 35.5. The van der Waals surface area contributed by atoms with Gasteiger partial charge in [-0.05, 0) is 43.2 Å². The Balaban J connectivity index is 1.85. The largest absolute Gasteiger partial charge is 0.352 e. The molecule has 0 aliphatic heterocycles. The van der Waals surface area contributed by atoms with Gasteiger partial charge in [-0.2, -0.15) is 4.31 Å². The fourth-order valence-electron chi connectivity index (χ4n) is 3.30. The maximum Gasteiger partial charge on any atom is 0.243 e. The van der Waals surface area contributed by atoms with Gasteiger partial charge in [0.05, 0.1) is 11.4 Å². The van der Waals surface area contributed by atoms with Crippen LogP contribution in [0.4, 0.5) is 4.39 Å². The van der Waals surface area contributed by atoms with E-state index < -0.39 is 15.8 Å². The molecule has 2 aromatic rings. The summed E-state index contributed by atoms with van der Waals surface area (Å²) in [6.07, 6.45) is 3.88. The molecule has 1 aliphatic rings. The zero-order chi connectivity index (χ0) is 20.1. The van der Waals surface area contributed by atoms with E-state index in [1.807, 2.05) is 0 Å². The van der Waals surface area contributed by atoms with Crippen LogP contribution in [0.3, 0.4) is 0 Å². The van der Waals surface area contributed by atoms with E-state index in [9.17, 15) is 17.6 Å². The molecular formula is C20H22ClFN2O3S. The maximum absolute atomic E-state index is 14.1. The maximum atomic E-state index is 14.1. The van der Waals surface area contributed by atoms with Gasteiger partial charge in [-0.1, -0.05) is 42.6 Å². The number of carbonyl (C=O) groups excluding carboxylic acids is 1. The van der Waals surface area contributed by atoms with Crippen molar-refractivity contribution in [3.8, 4) is 0 Å². The van der Waals surface area contributed by atoms with Crippen molar-refractivity contribution in [3.05, 3.63) is 64.9 Å². The Labute approximate surface area is 169 Å². The molecule has 8 heteroatoms. The van der Waals surface area contributed by atoms with E-state index in [0.717, 1.165) is 30.0 Å². The molecule has 1 aliphatic carbocycles. The first-order chi connectivity index (χ1) is 13.4. The number of sulfonamides is 1. The Hall–Kier alpha value is -1.96. The molecule has 1 saturated carbocycles. The molecule has 1 amide bonds. The predicted molar refractivity (Wildman–Crippen MR) is 106 cm³/mol. The highest BCUT2D eigenvalue weighted by Crippen LogP contribution is 2.22. The number of nitrogens with one attached hydrogen (secondary N) is 1. The van der Waals surface area contributed by atoms with Gasteiger partial charge >= 0.3 is 0 Å². The fourth-order valence-corrected chi connectivity index (χ4v) is 4.80. The lowest BCUT2D eigenvalue weighted by atomic mass is 10.2. The molecule has 0 radical (unpaired) electrons. The zero-order valence-electron chi connectivity index (χ0n) is 15.3. The van der Waals surface area contributed by atoms with Gasteiger partial charge in [-0.15, -0.1) is 0 Å². The lowest BCUT2D eigenvalue weighted by Crippen LogP contribution is -2.43. The fraction of sp³-hybridized carbons (Fsp3) is 0.350. The number of halogens is 2. The average Bonchev–Trinajstić information content (AvgIpc) is 3.16. The normalized spacial score (nSPS) is 15.1. The van der Waals surface area contributed by atoms with Gasteiger partial charge in [0.2, 0.25) is 15.9 Å². The van der Waals surface area contributed by atoms with E-state index in [1.54, 1.807) is 6.07 Å². The minimum absolute atomic E-state index is 0.00176. The van der Waals surface area contributed by atoms with Crippen LogP contribution in [-0.2, 0) is 21.4 Å². The van der Waals surface area contributed by atoms with Crippen molar-refractivity contribution in [3.63, 3.8) is 0 Å². The Morgan fingerprint density at radius 1 is 1.11 bits per heavy atom. The first-order valence-corrected chi connectivity index (χ1v) is 11.0. The van der Waals surface area contributed by atoms with Crippen LogP contribution in [0.1, 0.15) is 31.2 Å². The molecule has 1 N–H and O–H groups in total. The van der Waals surface area contributed by atoms with Crippen molar-refractivity contribution in [1.29, 1.82) is 0 Å². The minimum atomic E-state index is -4.01. The van der Waals surface area contributed by atoms with Crippen LogP contribution in [0.2, 0.25) is 5.02 Å². The van der Waals surface area contributed by atoms with Crippen LogP contribution in [0.15, 0.2) is 53.4 Å². The summed E-state index contributed by atoms with van der Waals surface area (Å²) in [4.78, 5) is 12.5. The number of hydrogen-bond donors (Lipinski definition) is 1. The van der Waals surface area contributed by atoms with Gasteiger partial charge in [-0.25, -0.2) is 12.8 Å². The summed E-state index contributed by atoms with van der Waals surface area (Å²) < 4.78 is 41.3. The molecule has 0 spiro atoms. The second kappa shape index (κ2) is 9.03. The van der Waals surface area contributed by atoms with Gasteiger partial charge in [0.25, 0.3) is 0 Å². The van der Waals surface area contributed by atoms with Crippen LogP contribution < -0.4 is 5.32 Å². The van der Waals surface area contributed by atoms with Gasteiger partial charge < -0.3 is 5.32 Å². The first kappa shape index (κ1) is 20.8. The summed E-state index contributed by atoms with van der Waals surface area (Å²) in [6.45, 7) is -0.620. The summed E-state index contributed by atoms with van der Waals surface area (Å²) in [5.74, 6) is -0.907. The molecule has 3 rings (SSSR count). The SMILES string of the molecule is O=C(CN(Cc1ccccc1F)S(=O)(=O)c1ccc(Cl)cc1)NC1CCCC1. The number of rotatable bonds is 7. The summed E-state index contributed by atoms with van der Waals surface area (Å²) in [7, 11) is -4.01. The molecule has 0 atom stereocenters. The molecule has 0 saturated heterocycles. The monoisotopic (exact) mass is 424 g/mol. The lowest BCUT2D eigenvalue weighted by molar-refractivity contribution is -0.122. The van der Waals surface area contributed by atoms with E-state index in [-0.39, 0.29) is 35.5 Å². The van der Waals surface area contributed by atoms with Crippen molar-refractivity contribution in [2.24, 2.45) is 0 Å². The third-order valence-electron chi connectivity index (χ3n) is 4.80. The Morgan fingerprint density at radius 3 is 2.39 bits per heavy atom. The van der Waals surface area contributed by atoms with E-state index in [0.29, 0.717) is 5.02 Å². The van der Waals surface area contributed by atoms with E-state index in [4.69, 9.17) is 11.6 Å². The smallest absolute Gasteiger partial charge is 0.243 e. The Bertz CT molecular complexity index is 929. The molecule has 0 unspecified atom stereocenters. The highest BCUT2D eigenvalue weighted by molar-refractivity contribution is 7.89. The van der Waals surface area contributed by atoms with Gasteiger partial charge in [-0.3, -0.25) is 4.79 Å². The van der Waals surface area contributed by atoms with Crippen LogP contribution >= 0.6 is 11.6 Å². The average molecular weight is 425 g/mol. The third-order valence-corrected chi connectivity index (χ3v) is 6.85. The number of carbonyl (C=O) groups is 1. The predicted octanol–water partition coefficient (Wildman–Crippen LogP) is 3.73. The minimum Gasteiger partial charge on any atom is -0.352 e. The van der Waals surface area contributed by atoms with E-state index in [1.165, 1.54) is 42.5 Å². The first-order valence-electron chi connectivity index (χ1n) is 9.15. The van der Waals surface area contributed by atoms with Crippen LogP contribution in [0.5, 0.6) is 0 Å². The number of nitrogens with zero attached hydrogens (tertiary/aromatic N) is 1. The van der Waals surface area contributed by atoms with Crippen molar-refractivity contribution in [1.82, 2.24) is 9.62 Å². The van der Waals surface area contributed by atoms with Gasteiger partial charge in [0, 0.05) is 23.2 Å². The van der Waals surface area contributed by atoms with Gasteiger partial charge in [0.1, 0.15) is 5.82 Å². The van der Waals surface area contributed by atoms with Crippen molar-refractivity contribution < 1.29 is 17.6 Å². The lowest BCUT2D eigenvalue weighted by Gasteiger charge is -2.23. The van der Waals surface area contributed by atoms with Crippen LogP contribution in [0.25, 0.3) is 0 Å². The van der Waals surface area contributed by atoms with Crippen LogP contribution in [-0.4, -0.2) is 31.2 Å². The molecule has 0 heterocycles. The van der Waals surface area contributed by atoms with E-state index >= 15 is 0 Å². The molecule has 5 nitrogen and oxygen atoms in total. The topological polar surface area (TPSA) is 66.5 Å². The highest BCUT2D eigenvalue weighted by Gasteiger charge is 2.28. The molecule has 150 valence electrons. The third kappa shape index (κ3) is 5.10. The standard InChI is InChI=1S/C20H22ClFN2O3S/c21-16-9-11-18(12-10-16)28(26,27)24(13-15-5-1-4-8-19(15)22)14-20(25)23-17-6-2-3-7-17/h1,4-5,8-12,17H,2-3,6-7,13-14H2,(H,23,25). The molecule has 0 aromatic heterocycles. The number of hydrogen-bond acceptors (Lipinski definition) is 3. The molecule has 1 fully saturated rings. The van der Waals surface area contributed by atoms with E-state index in [2.05, 4.69) is 5.32 Å². The summed E-state index contributed by atoms with van der Waals surface area (Å²) in [5.41, 5.74) is 0.203. The van der Waals surface area contributed by atoms with Crippen molar-refractivity contribution in [2.75, 3.05) is 6.54 Å².